The van der Waals surface area contributed by atoms with E-state index in [4.69, 9.17) is 9.47 Å². The molecule has 0 spiro atoms. The summed E-state index contributed by atoms with van der Waals surface area (Å²) < 4.78 is 11.1. The Hall–Kier alpha value is -1.89. The van der Waals surface area contributed by atoms with Crippen molar-refractivity contribution in [3.05, 3.63) is 52.2 Å². The quantitative estimate of drug-likeness (QED) is 0.665. The summed E-state index contributed by atoms with van der Waals surface area (Å²) in [5.41, 5.74) is 1.91. The summed E-state index contributed by atoms with van der Waals surface area (Å²) in [5, 5.41) is 7.35. The normalized spacial score (nSPS) is 16.0. The van der Waals surface area contributed by atoms with Crippen molar-refractivity contribution in [1.82, 2.24) is 10.2 Å². The van der Waals surface area contributed by atoms with E-state index in [9.17, 15) is 4.79 Å². The van der Waals surface area contributed by atoms with Crippen LogP contribution in [0.25, 0.3) is 0 Å². The van der Waals surface area contributed by atoms with Crippen LogP contribution in [0.5, 0.6) is 5.75 Å². The highest BCUT2D eigenvalue weighted by Crippen LogP contribution is 2.23. The number of morpholine rings is 1. The number of nitrogens with zero attached hydrogens (tertiary/aromatic N) is 1. The number of carbonyl (C=O) groups is 1. The maximum Gasteiger partial charge on any atom is 0.251 e. The molecule has 0 aliphatic carbocycles. The number of carbonyl (C=O) groups excluding carboxylic acids is 1. The first kappa shape index (κ1) is 19.9. The zero-order chi connectivity index (χ0) is 18.9. The first-order valence-corrected chi connectivity index (χ1v) is 10.6. The van der Waals surface area contributed by atoms with E-state index in [1.165, 1.54) is 5.56 Å². The highest BCUT2D eigenvalue weighted by molar-refractivity contribution is 7.07. The molecule has 2 heterocycles. The van der Waals surface area contributed by atoms with Gasteiger partial charge in [0.25, 0.3) is 5.91 Å². The molecule has 1 atom stereocenters. The molecule has 0 bridgehead atoms. The second-order valence-corrected chi connectivity index (χ2v) is 7.44. The molecule has 1 aromatic heterocycles. The maximum absolute atomic E-state index is 12.6. The summed E-state index contributed by atoms with van der Waals surface area (Å²) in [7, 11) is 0. The molecule has 6 heteroatoms. The van der Waals surface area contributed by atoms with E-state index < -0.39 is 0 Å². The Bertz CT molecular complexity index is 682. The van der Waals surface area contributed by atoms with Crippen LogP contribution < -0.4 is 10.1 Å². The summed E-state index contributed by atoms with van der Waals surface area (Å²) in [6.45, 7) is 6.70. The van der Waals surface area contributed by atoms with E-state index >= 15 is 0 Å². The first-order valence-electron chi connectivity index (χ1n) is 9.63. The molecule has 27 heavy (non-hydrogen) atoms. The molecule has 1 aromatic carbocycles. The summed E-state index contributed by atoms with van der Waals surface area (Å²) in [6, 6.07) is 9.70. The van der Waals surface area contributed by atoms with Crippen molar-refractivity contribution in [2.45, 2.75) is 25.8 Å². The molecule has 0 radical (unpaired) electrons. The molecule has 1 fully saturated rings. The van der Waals surface area contributed by atoms with Crippen LogP contribution in [0.3, 0.4) is 0 Å². The minimum absolute atomic E-state index is 0.0522. The SMILES string of the molecule is CCCCOc1ccc(C(=O)NCC(c2ccsc2)N2CCOCC2)cc1. The Kier molecular flexibility index (Phi) is 7.68. The fourth-order valence-electron chi connectivity index (χ4n) is 3.14. The molecular formula is C21H28N2O3S. The van der Waals surface area contributed by atoms with E-state index in [-0.39, 0.29) is 11.9 Å². The van der Waals surface area contributed by atoms with Gasteiger partial charge in [0, 0.05) is 25.2 Å². The largest absolute Gasteiger partial charge is 0.494 e. The smallest absolute Gasteiger partial charge is 0.251 e. The van der Waals surface area contributed by atoms with E-state index in [0.717, 1.165) is 44.9 Å². The summed E-state index contributed by atoms with van der Waals surface area (Å²) in [5.74, 6) is 0.757. The number of ether oxygens (including phenoxy) is 2. The van der Waals surface area contributed by atoms with Gasteiger partial charge in [0.15, 0.2) is 0 Å². The van der Waals surface area contributed by atoms with Crippen LogP contribution in [0.4, 0.5) is 0 Å². The minimum Gasteiger partial charge on any atom is -0.494 e. The van der Waals surface area contributed by atoms with Gasteiger partial charge in [-0.05, 0) is 53.1 Å². The van der Waals surface area contributed by atoms with E-state index in [2.05, 4.69) is 34.0 Å². The van der Waals surface area contributed by atoms with Gasteiger partial charge in [0.1, 0.15) is 5.75 Å². The number of unbranched alkanes of at least 4 members (excludes halogenated alkanes) is 1. The zero-order valence-electron chi connectivity index (χ0n) is 15.9. The number of rotatable bonds is 9. The number of nitrogens with one attached hydrogen (secondary N) is 1. The van der Waals surface area contributed by atoms with E-state index in [0.29, 0.717) is 18.7 Å². The topological polar surface area (TPSA) is 50.8 Å². The molecule has 1 unspecified atom stereocenters. The molecule has 1 aliphatic rings. The van der Waals surface area contributed by atoms with Crippen molar-refractivity contribution in [1.29, 1.82) is 0 Å². The number of hydrogen-bond donors (Lipinski definition) is 1. The fourth-order valence-corrected chi connectivity index (χ4v) is 3.85. The predicted octanol–water partition coefficient (Wildman–Crippen LogP) is 3.73. The molecule has 146 valence electrons. The second-order valence-electron chi connectivity index (χ2n) is 6.66. The highest BCUT2D eigenvalue weighted by atomic mass is 32.1. The van der Waals surface area contributed by atoms with E-state index in [1.807, 2.05) is 24.3 Å². The average Bonchev–Trinajstić information content (AvgIpc) is 3.24. The summed E-state index contributed by atoms with van der Waals surface area (Å²) in [4.78, 5) is 15.0. The molecule has 1 N–H and O–H groups in total. The predicted molar refractivity (Wildman–Crippen MR) is 109 cm³/mol. The van der Waals surface area contributed by atoms with Crippen LogP contribution in [-0.2, 0) is 4.74 Å². The van der Waals surface area contributed by atoms with Gasteiger partial charge < -0.3 is 14.8 Å². The van der Waals surface area contributed by atoms with Crippen LogP contribution in [0.15, 0.2) is 41.1 Å². The second kappa shape index (κ2) is 10.4. The first-order chi connectivity index (χ1) is 13.3. The number of amides is 1. The monoisotopic (exact) mass is 388 g/mol. The van der Waals surface area contributed by atoms with Gasteiger partial charge in [0.05, 0.1) is 25.9 Å². The Morgan fingerprint density at radius 3 is 2.70 bits per heavy atom. The van der Waals surface area contributed by atoms with Gasteiger partial charge in [-0.15, -0.1) is 0 Å². The van der Waals surface area contributed by atoms with Crippen molar-refractivity contribution in [2.75, 3.05) is 39.5 Å². The van der Waals surface area contributed by atoms with Gasteiger partial charge in [-0.3, -0.25) is 9.69 Å². The highest BCUT2D eigenvalue weighted by Gasteiger charge is 2.23. The van der Waals surface area contributed by atoms with Crippen LogP contribution >= 0.6 is 11.3 Å². The van der Waals surface area contributed by atoms with Gasteiger partial charge in [-0.25, -0.2) is 0 Å². The van der Waals surface area contributed by atoms with Crippen molar-refractivity contribution in [3.63, 3.8) is 0 Å². The summed E-state index contributed by atoms with van der Waals surface area (Å²) >= 11 is 1.69. The fraction of sp³-hybridized carbons (Fsp3) is 0.476. The lowest BCUT2D eigenvalue weighted by atomic mass is 10.1. The Balaban J connectivity index is 1.57. The lowest BCUT2D eigenvalue weighted by Gasteiger charge is -2.34. The lowest BCUT2D eigenvalue weighted by molar-refractivity contribution is 0.0163. The average molecular weight is 389 g/mol. The standard InChI is InChI=1S/C21H28N2O3S/c1-2-3-11-26-19-6-4-17(5-7-19)21(24)22-15-20(18-8-14-27-16-18)23-9-12-25-13-10-23/h4-8,14,16,20H,2-3,9-13,15H2,1H3,(H,22,24). The molecule has 1 amide bonds. The molecule has 5 nitrogen and oxygen atoms in total. The van der Waals surface area contributed by atoms with Gasteiger partial charge >= 0.3 is 0 Å². The van der Waals surface area contributed by atoms with Crippen LogP contribution in [0, 0.1) is 0 Å². The molecule has 0 saturated carbocycles. The van der Waals surface area contributed by atoms with Crippen LogP contribution in [0.2, 0.25) is 0 Å². The van der Waals surface area contributed by atoms with Crippen LogP contribution in [0.1, 0.15) is 41.7 Å². The molecule has 2 aromatic rings. The lowest BCUT2D eigenvalue weighted by Crippen LogP contribution is -2.43. The molecular weight excluding hydrogens is 360 g/mol. The molecule has 1 saturated heterocycles. The molecule has 3 rings (SSSR count). The molecule has 1 aliphatic heterocycles. The number of benzene rings is 1. The Labute approximate surface area is 165 Å². The Morgan fingerprint density at radius 1 is 1.26 bits per heavy atom. The van der Waals surface area contributed by atoms with Crippen LogP contribution in [-0.4, -0.2) is 50.3 Å². The third-order valence-electron chi connectivity index (χ3n) is 4.75. The number of hydrogen-bond acceptors (Lipinski definition) is 5. The summed E-state index contributed by atoms with van der Waals surface area (Å²) in [6.07, 6.45) is 2.14. The maximum atomic E-state index is 12.6. The van der Waals surface area contributed by atoms with Crippen molar-refractivity contribution >= 4 is 17.2 Å². The van der Waals surface area contributed by atoms with Crippen molar-refractivity contribution < 1.29 is 14.3 Å². The van der Waals surface area contributed by atoms with Crippen molar-refractivity contribution in [3.8, 4) is 5.75 Å². The minimum atomic E-state index is -0.0522. The van der Waals surface area contributed by atoms with Gasteiger partial charge in [0.2, 0.25) is 0 Å². The zero-order valence-corrected chi connectivity index (χ0v) is 16.7. The third-order valence-corrected chi connectivity index (χ3v) is 5.45. The van der Waals surface area contributed by atoms with Gasteiger partial charge in [-0.2, -0.15) is 11.3 Å². The van der Waals surface area contributed by atoms with Gasteiger partial charge in [-0.1, -0.05) is 13.3 Å². The van der Waals surface area contributed by atoms with Crippen molar-refractivity contribution in [2.24, 2.45) is 0 Å². The third kappa shape index (κ3) is 5.79. The van der Waals surface area contributed by atoms with E-state index in [1.54, 1.807) is 11.3 Å². The number of thiophene rings is 1. The Morgan fingerprint density at radius 2 is 2.04 bits per heavy atom.